The molecule has 3 aromatic rings. The molecule has 2 aliphatic heterocycles. The van der Waals surface area contributed by atoms with Crippen LogP contribution in [0.25, 0.3) is 17.0 Å². The van der Waals surface area contributed by atoms with Gasteiger partial charge in [0.2, 0.25) is 0 Å². The number of benzene rings is 2. The zero-order valence-corrected chi connectivity index (χ0v) is 18.6. The van der Waals surface area contributed by atoms with Crippen LogP contribution in [0.4, 0.5) is 4.39 Å². The van der Waals surface area contributed by atoms with Crippen molar-refractivity contribution in [3.05, 3.63) is 76.6 Å². The number of Topliss-reactive ketones (excluding diaryl/α,β-unsaturated/α-hetero) is 1. The fourth-order valence-electron chi connectivity index (χ4n) is 4.40. The van der Waals surface area contributed by atoms with Gasteiger partial charge < -0.3 is 9.30 Å². The summed E-state index contributed by atoms with van der Waals surface area (Å²) in [5, 5.41) is 1.06. The van der Waals surface area contributed by atoms with E-state index in [1.807, 2.05) is 36.5 Å². The highest BCUT2D eigenvalue weighted by atomic mass is 32.2. The summed E-state index contributed by atoms with van der Waals surface area (Å²) in [6.45, 7) is 1.33. The Kier molecular flexibility index (Phi) is 5.78. The van der Waals surface area contributed by atoms with E-state index in [1.165, 1.54) is 17.8 Å². The molecule has 5 rings (SSSR count). The molecule has 31 heavy (non-hydrogen) atoms. The lowest BCUT2D eigenvalue weighted by Gasteiger charge is -2.12. The Morgan fingerprint density at radius 1 is 1.23 bits per heavy atom. The number of thiocarbonyl (C=S) groups is 1. The third-order valence-corrected chi connectivity index (χ3v) is 7.48. The van der Waals surface area contributed by atoms with Gasteiger partial charge in [0.05, 0.1) is 21.1 Å². The first-order valence-corrected chi connectivity index (χ1v) is 11.7. The summed E-state index contributed by atoms with van der Waals surface area (Å²) in [4.78, 5) is 13.8. The normalized spacial score (nSPS) is 22.8. The number of hydrogen-bond donors (Lipinski definition) is 0. The number of thioether (sulfide) groups is 1. The molecule has 0 bridgehead atoms. The number of nitrogens with zero attached hydrogens (tertiary/aromatic N) is 1. The first-order chi connectivity index (χ1) is 15.1. The number of carbonyl (C=O) groups excluding carboxylic acids is 1. The highest BCUT2D eigenvalue weighted by molar-refractivity contribution is 8.27. The maximum Gasteiger partial charge on any atom is 0.178 e. The first-order valence-electron chi connectivity index (χ1n) is 10.5. The molecule has 0 aliphatic carbocycles. The van der Waals surface area contributed by atoms with Crippen molar-refractivity contribution >= 4 is 50.9 Å². The van der Waals surface area contributed by atoms with Crippen molar-refractivity contribution in [2.45, 2.75) is 31.9 Å². The van der Waals surface area contributed by atoms with E-state index < -0.39 is 0 Å². The minimum atomic E-state index is -0.241. The van der Waals surface area contributed by atoms with Crippen molar-refractivity contribution in [1.82, 2.24) is 4.57 Å². The lowest BCUT2D eigenvalue weighted by molar-refractivity contribution is -0.117. The Balaban J connectivity index is 1.45. The van der Waals surface area contributed by atoms with Crippen LogP contribution in [0.15, 0.2) is 59.6 Å². The van der Waals surface area contributed by atoms with Gasteiger partial charge in [-0.25, -0.2) is 4.39 Å². The molecule has 0 spiro atoms. The summed E-state index contributed by atoms with van der Waals surface area (Å²) in [6, 6.07) is 14.7. The fraction of sp³-hybridized carbons (Fsp3) is 0.280. The summed E-state index contributed by atoms with van der Waals surface area (Å²) in [5.74, 6) is -0.377. The summed E-state index contributed by atoms with van der Waals surface area (Å²) in [5.41, 5.74) is 2.92. The molecule has 0 radical (unpaired) electrons. The zero-order chi connectivity index (χ0) is 21.4. The van der Waals surface area contributed by atoms with E-state index >= 15 is 0 Å². The molecule has 1 aromatic heterocycles. The zero-order valence-electron chi connectivity index (χ0n) is 16.9. The average Bonchev–Trinajstić information content (AvgIpc) is 3.45. The Hall–Kier alpha value is -2.28. The van der Waals surface area contributed by atoms with Gasteiger partial charge in [0.15, 0.2) is 5.78 Å². The predicted molar refractivity (Wildman–Crippen MR) is 128 cm³/mol. The summed E-state index contributed by atoms with van der Waals surface area (Å²) in [6.07, 6.45) is 6.87. The molecule has 3 heterocycles. The Morgan fingerprint density at radius 3 is 2.90 bits per heavy atom. The third kappa shape index (κ3) is 4.25. The maximum absolute atomic E-state index is 13.6. The number of carbonyl (C=O) groups is 1. The van der Waals surface area contributed by atoms with Crippen molar-refractivity contribution in [3.63, 3.8) is 0 Å². The molecule has 0 saturated carbocycles. The van der Waals surface area contributed by atoms with E-state index in [2.05, 4.69) is 10.6 Å². The van der Waals surface area contributed by atoms with Crippen LogP contribution in [-0.2, 0) is 16.1 Å². The van der Waals surface area contributed by atoms with Gasteiger partial charge in [-0.2, -0.15) is 0 Å². The predicted octanol–water partition coefficient (Wildman–Crippen LogP) is 6.00. The number of fused-ring (bicyclic) bond motifs is 1. The van der Waals surface area contributed by atoms with Crippen LogP contribution in [0.5, 0.6) is 0 Å². The molecule has 3 nitrogen and oxygen atoms in total. The van der Waals surface area contributed by atoms with Gasteiger partial charge in [-0.15, -0.1) is 0 Å². The second-order valence-corrected chi connectivity index (χ2v) is 9.86. The molecule has 2 atom stereocenters. The van der Waals surface area contributed by atoms with E-state index in [1.54, 1.807) is 12.1 Å². The van der Waals surface area contributed by atoms with Gasteiger partial charge in [-0.05, 0) is 49.1 Å². The molecule has 2 saturated heterocycles. The van der Waals surface area contributed by atoms with Crippen molar-refractivity contribution in [2.24, 2.45) is 5.92 Å². The van der Waals surface area contributed by atoms with E-state index in [-0.39, 0.29) is 23.6 Å². The Bertz CT molecular complexity index is 1190. The molecule has 158 valence electrons. The van der Waals surface area contributed by atoms with Gasteiger partial charge in [0.25, 0.3) is 0 Å². The number of allylic oxidation sites excluding steroid dienone is 1. The minimum absolute atomic E-state index is 0.104. The SMILES string of the molecule is O=C1/C(=C/c2cn(Cc3cccc(F)c3)c3ccccc23)SC(=S)[C@H]1C[C@@H]1CCCO1. The number of ether oxygens (including phenoxy) is 1. The second-order valence-electron chi connectivity index (χ2n) is 8.08. The Morgan fingerprint density at radius 2 is 2.10 bits per heavy atom. The highest BCUT2D eigenvalue weighted by Gasteiger charge is 2.37. The van der Waals surface area contributed by atoms with Crippen LogP contribution in [-0.4, -0.2) is 27.3 Å². The monoisotopic (exact) mass is 451 g/mol. The first kappa shape index (κ1) is 20.6. The van der Waals surface area contributed by atoms with Crippen molar-refractivity contribution in [1.29, 1.82) is 0 Å². The van der Waals surface area contributed by atoms with Gasteiger partial charge in [-0.3, -0.25) is 4.79 Å². The van der Waals surface area contributed by atoms with Gasteiger partial charge >= 0.3 is 0 Å². The van der Waals surface area contributed by atoms with Gasteiger partial charge in [0.1, 0.15) is 5.82 Å². The summed E-state index contributed by atoms with van der Waals surface area (Å²) in [7, 11) is 0. The van der Waals surface area contributed by atoms with E-state index in [0.29, 0.717) is 17.9 Å². The molecule has 6 heteroatoms. The molecular weight excluding hydrogens is 429 g/mol. The number of aromatic nitrogens is 1. The molecule has 2 aromatic carbocycles. The molecule has 2 aliphatic rings. The maximum atomic E-state index is 13.6. The number of hydrogen-bond acceptors (Lipinski definition) is 4. The van der Waals surface area contributed by atoms with E-state index in [4.69, 9.17) is 17.0 Å². The molecule has 0 amide bonds. The van der Waals surface area contributed by atoms with Crippen molar-refractivity contribution in [2.75, 3.05) is 6.61 Å². The van der Waals surface area contributed by atoms with E-state index in [0.717, 1.165) is 45.7 Å². The lowest BCUT2D eigenvalue weighted by Crippen LogP contribution is -2.20. The van der Waals surface area contributed by atoms with Crippen LogP contribution in [0, 0.1) is 11.7 Å². The standard InChI is InChI=1S/C25H22FNO2S2/c26-18-6-3-5-16(11-18)14-27-15-17(20-8-1-2-9-22(20)27)12-23-24(28)21(25(30)31-23)13-19-7-4-10-29-19/h1-3,5-6,8-9,11-12,15,19,21H,4,7,10,13-14H2/b23-12-/t19-,21-/m0/s1. The lowest BCUT2D eigenvalue weighted by atomic mass is 9.96. The van der Waals surface area contributed by atoms with Crippen molar-refractivity contribution < 1.29 is 13.9 Å². The smallest absolute Gasteiger partial charge is 0.178 e. The molecule has 0 N–H and O–H groups in total. The quantitative estimate of drug-likeness (QED) is 0.352. The molecule has 0 unspecified atom stereocenters. The second kappa shape index (κ2) is 8.69. The topological polar surface area (TPSA) is 31.2 Å². The number of ketones is 1. The van der Waals surface area contributed by atoms with Crippen LogP contribution >= 0.6 is 24.0 Å². The largest absolute Gasteiger partial charge is 0.378 e. The van der Waals surface area contributed by atoms with E-state index in [9.17, 15) is 9.18 Å². The summed E-state index contributed by atoms with van der Waals surface area (Å²) >= 11 is 6.96. The Labute approximate surface area is 190 Å². The van der Waals surface area contributed by atoms with Crippen molar-refractivity contribution in [3.8, 4) is 0 Å². The van der Waals surface area contributed by atoms with Gasteiger partial charge in [0, 0.05) is 35.8 Å². The molecule has 2 fully saturated rings. The highest BCUT2D eigenvalue weighted by Crippen LogP contribution is 2.40. The number of rotatable bonds is 5. The van der Waals surface area contributed by atoms with Crippen LogP contribution in [0.2, 0.25) is 0 Å². The third-order valence-electron chi connectivity index (χ3n) is 5.92. The van der Waals surface area contributed by atoms with Crippen LogP contribution in [0.1, 0.15) is 30.4 Å². The van der Waals surface area contributed by atoms with Crippen LogP contribution in [0.3, 0.4) is 0 Å². The van der Waals surface area contributed by atoms with Crippen LogP contribution < -0.4 is 0 Å². The number of halogens is 1. The van der Waals surface area contributed by atoms with Gasteiger partial charge in [-0.1, -0.05) is 54.3 Å². The summed E-state index contributed by atoms with van der Waals surface area (Å²) < 4.78 is 22.2. The molecular formula is C25H22FNO2S2. The fourth-order valence-corrected chi connectivity index (χ4v) is 5.86. The number of para-hydroxylation sites is 1. The minimum Gasteiger partial charge on any atom is -0.378 e. The average molecular weight is 452 g/mol.